The van der Waals surface area contributed by atoms with Gasteiger partial charge in [-0.3, -0.25) is 4.79 Å². The normalized spacial score (nSPS) is 11.1. The third-order valence-corrected chi connectivity index (χ3v) is 2.80. The van der Waals surface area contributed by atoms with E-state index in [1.54, 1.807) is 25.1 Å². The van der Waals surface area contributed by atoms with Gasteiger partial charge in [0.2, 0.25) is 0 Å². The molecule has 3 N–H and O–H groups in total. The van der Waals surface area contributed by atoms with Crippen LogP contribution in [0.2, 0.25) is 0 Å². The fourth-order valence-electron chi connectivity index (χ4n) is 1.21. The second kappa shape index (κ2) is 6.72. The average Bonchev–Trinajstić information content (AvgIpc) is 2.36. The van der Waals surface area contributed by atoms with Crippen LogP contribution in [0.15, 0.2) is 28.7 Å². The molecule has 0 aliphatic carbocycles. The molecule has 0 saturated carbocycles. The molecule has 1 amide bonds. The van der Waals surface area contributed by atoms with Crippen LogP contribution in [0.3, 0.4) is 0 Å². The SMILES string of the molecule is CC(CO)(CO)NC(=O)COc1cccc(Br)c1. The van der Waals surface area contributed by atoms with E-state index in [-0.39, 0.29) is 19.8 Å². The molecule has 0 radical (unpaired) electrons. The van der Waals surface area contributed by atoms with Crippen LogP contribution in [-0.4, -0.2) is 41.5 Å². The smallest absolute Gasteiger partial charge is 0.258 e. The van der Waals surface area contributed by atoms with Crippen molar-refractivity contribution < 1.29 is 19.7 Å². The molecule has 18 heavy (non-hydrogen) atoms. The predicted octanol–water partition coefficient (Wildman–Crippen LogP) is 0.687. The van der Waals surface area contributed by atoms with Crippen molar-refractivity contribution in [3.8, 4) is 5.75 Å². The van der Waals surface area contributed by atoms with Gasteiger partial charge < -0.3 is 20.3 Å². The third-order valence-electron chi connectivity index (χ3n) is 2.31. The lowest BCUT2D eigenvalue weighted by atomic mass is 10.1. The van der Waals surface area contributed by atoms with Crippen LogP contribution in [0.1, 0.15) is 6.92 Å². The molecule has 5 nitrogen and oxygen atoms in total. The van der Waals surface area contributed by atoms with Crippen molar-refractivity contribution in [1.82, 2.24) is 5.32 Å². The van der Waals surface area contributed by atoms with Crippen molar-refractivity contribution in [3.63, 3.8) is 0 Å². The van der Waals surface area contributed by atoms with E-state index in [1.807, 2.05) is 6.07 Å². The molecule has 0 atom stereocenters. The standard InChI is InChI=1S/C12H16BrNO4/c1-12(7-15,8-16)14-11(17)6-18-10-4-2-3-9(13)5-10/h2-5,15-16H,6-8H2,1H3,(H,14,17). The molecule has 0 unspecified atom stereocenters. The number of amides is 1. The number of hydrogen-bond acceptors (Lipinski definition) is 4. The van der Waals surface area contributed by atoms with E-state index in [2.05, 4.69) is 21.2 Å². The van der Waals surface area contributed by atoms with Crippen molar-refractivity contribution in [2.75, 3.05) is 19.8 Å². The molecule has 0 fully saturated rings. The summed E-state index contributed by atoms with van der Waals surface area (Å²) in [5.74, 6) is 0.162. The summed E-state index contributed by atoms with van der Waals surface area (Å²) in [4.78, 5) is 11.6. The average molecular weight is 318 g/mol. The highest BCUT2D eigenvalue weighted by Crippen LogP contribution is 2.17. The zero-order valence-corrected chi connectivity index (χ0v) is 11.6. The monoisotopic (exact) mass is 317 g/mol. The van der Waals surface area contributed by atoms with Crippen LogP contribution in [0.25, 0.3) is 0 Å². The zero-order valence-electron chi connectivity index (χ0n) is 10.0. The van der Waals surface area contributed by atoms with E-state index in [0.29, 0.717) is 5.75 Å². The Morgan fingerprint density at radius 2 is 2.11 bits per heavy atom. The molecule has 100 valence electrons. The third kappa shape index (κ3) is 4.64. The molecule has 0 heterocycles. The van der Waals surface area contributed by atoms with E-state index in [0.717, 1.165) is 4.47 Å². The molecular formula is C12H16BrNO4. The summed E-state index contributed by atoms with van der Waals surface area (Å²) >= 11 is 3.29. The Hall–Kier alpha value is -1.11. The van der Waals surface area contributed by atoms with E-state index in [4.69, 9.17) is 14.9 Å². The van der Waals surface area contributed by atoms with E-state index < -0.39 is 11.4 Å². The molecule has 6 heteroatoms. The van der Waals surface area contributed by atoms with Gasteiger partial charge in [0.1, 0.15) is 5.75 Å². The van der Waals surface area contributed by atoms with Crippen molar-refractivity contribution >= 4 is 21.8 Å². The van der Waals surface area contributed by atoms with Crippen molar-refractivity contribution in [1.29, 1.82) is 0 Å². The van der Waals surface area contributed by atoms with Crippen LogP contribution >= 0.6 is 15.9 Å². The molecule has 0 aliphatic rings. The molecule has 1 aromatic carbocycles. The topological polar surface area (TPSA) is 78.8 Å². The number of aliphatic hydroxyl groups is 2. The van der Waals surface area contributed by atoms with Crippen LogP contribution in [0.4, 0.5) is 0 Å². The predicted molar refractivity (Wildman–Crippen MR) is 70.4 cm³/mol. The van der Waals surface area contributed by atoms with Gasteiger partial charge >= 0.3 is 0 Å². The van der Waals surface area contributed by atoms with Gasteiger partial charge in [-0.1, -0.05) is 22.0 Å². The van der Waals surface area contributed by atoms with Crippen LogP contribution in [0, 0.1) is 0 Å². The molecule has 0 bridgehead atoms. The highest BCUT2D eigenvalue weighted by molar-refractivity contribution is 9.10. The first kappa shape index (κ1) is 14.9. The lowest BCUT2D eigenvalue weighted by Gasteiger charge is -2.26. The number of halogens is 1. The van der Waals surface area contributed by atoms with E-state index >= 15 is 0 Å². The second-order valence-electron chi connectivity index (χ2n) is 4.17. The maximum Gasteiger partial charge on any atom is 0.258 e. The van der Waals surface area contributed by atoms with Gasteiger partial charge in [0.05, 0.1) is 18.8 Å². The minimum Gasteiger partial charge on any atom is -0.484 e. The van der Waals surface area contributed by atoms with Crippen LogP contribution in [-0.2, 0) is 4.79 Å². The Morgan fingerprint density at radius 3 is 2.67 bits per heavy atom. The molecule has 0 aliphatic heterocycles. The van der Waals surface area contributed by atoms with Crippen molar-refractivity contribution in [3.05, 3.63) is 28.7 Å². The van der Waals surface area contributed by atoms with E-state index in [1.165, 1.54) is 0 Å². The molecule has 0 aromatic heterocycles. The van der Waals surface area contributed by atoms with Gasteiger partial charge in [-0.25, -0.2) is 0 Å². The number of carbonyl (C=O) groups excluding carboxylic acids is 1. The highest BCUT2D eigenvalue weighted by Gasteiger charge is 2.24. The zero-order chi connectivity index (χ0) is 13.6. The Morgan fingerprint density at radius 1 is 1.44 bits per heavy atom. The quantitative estimate of drug-likeness (QED) is 0.721. The molecular weight excluding hydrogens is 302 g/mol. The van der Waals surface area contributed by atoms with Crippen LogP contribution < -0.4 is 10.1 Å². The molecule has 0 saturated heterocycles. The fourth-order valence-corrected chi connectivity index (χ4v) is 1.59. The minimum absolute atomic E-state index is 0.175. The first-order valence-corrected chi connectivity index (χ1v) is 6.19. The Kier molecular flexibility index (Phi) is 5.58. The summed E-state index contributed by atoms with van der Waals surface area (Å²) in [7, 11) is 0. The summed E-state index contributed by atoms with van der Waals surface area (Å²) in [6.45, 7) is 0.689. The maximum atomic E-state index is 11.6. The number of aliphatic hydroxyl groups excluding tert-OH is 2. The summed E-state index contributed by atoms with van der Waals surface area (Å²) in [5, 5.41) is 20.6. The summed E-state index contributed by atoms with van der Waals surface area (Å²) in [6, 6.07) is 7.12. The van der Waals surface area contributed by atoms with Gasteiger partial charge in [-0.05, 0) is 25.1 Å². The number of ether oxygens (including phenoxy) is 1. The lowest BCUT2D eigenvalue weighted by molar-refractivity contribution is -0.126. The summed E-state index contributed by atoms with van der Waals surface area (Å²) in [5.41, 5.74) is -1.03. The highest BCUT2D eigenvalue weighted by atomic mass is 79.9. The van der Waals surface area contributed by atoms with Crippen LogP contribution in [0.5, 0.6) is 5.75 Å². The summed E-state index contributed by atoms with van der Waals surface area (Å²) in [6.07, 6.45) is 0. The minimum atomic E-state index is -1.03. The van der Waals surface area contributed by atoms with E-state index in [9.17, 15) is 4.79 Å². The van der Waals surface area contributed by atoms with Gasteiger partial charge in [-0.15, -0.1) is 0 Å². The van der Waals surface area contributed by atoms with Gasteiger partial charge in [0, 0.05) is 4.47 Å². The van der Waals surface area contributed by atoms with Gasteiger partial charge in [0.15, 0.2) is 6.61 Å². The van der Waals surface area contributed by atoms with Gasteiger partial charge in [0.25, 0.3) is 5.91 Å². The number of rotatable bonds is 6. The summed E-state index contributed by atoms with van der Waals surface area (Å²) < 4.78 is 6.14. The Bertz CT molecular complexity index is 407. The van der Waals surface area contributed by atoms with Crippen molar-refractivity contribution in [2.24, 2.45) is 0 Å². The molecule has 0 spiro atoms. The van der Waals surface area contributed by atoms with Gasteiger partial charge in [-0.2, -0.15) is 0 Å². The van der Waals surface area contributed by atoms with Crippen molar-refractivity contribution in [2.45, 2.75) is 12.5 Å². The molecule has 1 rings (SSSR count). The first-order valence-electron chi connectivity index (χ1n) is 5.40. The maximum absolute atomic E-state index is 11.6. The fraction of sp³-hybridized carbons (Fsp3) is 0.417. The Labute approximate surface area is 114 Å². The number of hydrogen-bond donors (Lipinski definition) is 3. The largest absolute Gasteiger partial charge is 0.484 e. The molecule has 1 aromatic rings. The number of carbonyl (C=O) groups is 1. The first-order chi connectivity index (χ1) is 8.49. The lowest BCUT2D eigenvalue weighted by Crippen LogP contribution is -2.53. The number of benzene rings is 1. The Balaban J connectivity index is 2.47. The second-order valence-corrected chi connectivity index (χ2v) is 5.09. The number of nitrogens with one attached hydrogen (secondary N) is 1.